The Balaban J connectivity index is 1.56. The Labute approximate surface area is 176 Å². The van der Waals surface area contributed by atoms with Crippen molar-refractivity contribution >= 4 is 25.7 Å². The van der Waals surface area contributed by atoms with Crippen LogP contribution in [0.15, 0.2) is 36.7 Å². The van der Waals surface area contributed by atoms with Crippen molar-refractivity contribution in [3.63, 3.8) is 0 Å². The van der Waals surface area contributed by atoms with Gasteiger partial charge in [-0.15, -0.1) is 0 Å². The molecule has 0 aliphatic rings. The molecule has 3 rings (SSSR count). The Morgan fingerprint density at radius 2 is 1.97 bits per heavy atom. The summed E-state index contributed by atoms with van der Waals surface area (Å²) in [6.07, 6.45) is 1.61. The predicted octanol–water partition coefficient (Wildman–Crippen LogP) is 3.18. The van der Waals surface area contributed by atoms with Crippen LogP contribution in [-0.4, -0.2) is 44.2 Å². The zero-order valence-corrected chi connectivity index (χ0v) is 18.0. The van der Waals surface area contributed by atoms with E-state index in [9.17, 15) is 4.89 Å². The number of anilines is 1. The molecule has 2 aromatic heterocycles. The van der Waals surface area contributed by atoms with E-state index in [0.29, 0.717) is 23.5 Å². The molecule has 3 N–H and O–H groups in total. The minimum Gasteiger partial charge on any atom is -0.479 e. The summed E-state index contributed by atoms with van der Waals surface area (Å²) >= 11 is 0. The summed E-state index contributed by atoms with van der Waals surface area (Å²) in [5, 5.41) is 0. The largest absolute Gasteiger partial charge is 0.479 e. The van der Waals surface area contributed by atoms with Crippen molar-refractivity contribution in [3.05, 3.63) is 42.2 Å². The van der Waals surface area contributed by atoms with E-state index in [1.807, 2.05) is 44.2 Å². The highest BCUT2D eigenvalue weighted by molar-refractivity contribution is 7.40. The first-order valence-corrected chi connectivity index (χ1v) is 10.6. The number of rotatable bonds is 11. The maximum Gasteiger partial charge on any atom is 0.330 e. The topological polar surface area (TPSA) is 127 Å². The molecule has 0 amide bonds. The molecule has 0 saturated heterocycles. The molecule has 11 heteroatoms. The van der Waals surface area contributed by atoms with Gasteiger partial charge in [0, 0.05) is 0 Å². The number of nitrogens with two attached hydrogens (primary N) is 1. The van der Waals surface area contributed by atoms with E-state index in [4.69, 9.17) is 24.3 Å². The maximum atomic E-state index is 10.0. The van der Waals surface area contributed by atoms with Gasteiger partial charge in [-0.3, -0.25) is 4.57 Å². The summed E-state index contributed by atoms with van der Waals surface area (Å²) in [5.74, 6) is 0.394. The highest BCUT2D eigenvalue weighted by Gasteiger charge is 2.20. The van der Waals surface area contributed by atoms with Crippen LogP contribution >= 0.6 is 8.60 Å². The van der Waals surface area contributed by atoms with Crippen LogP contribution in [0, 0.1) is 0 Å². The third-order valence-corrected chi connectivity index (χ3v) is 5.11. The summed E-state index contributed by atoms with van der Waals surface area (Å²) < 4.78 is 23.9. The summed E-state index contributed by atoms with van der Waals surface area (Å²) in [6.45, 7) is 4.30. The SMILES string of the molecule is CCC(COP(O)OCc1ccccc1)OC(C)n1cnc2c(OC)nc(N)nc21. The van der Waals surface area contributed by atoms with Crippen LogP contribution in [0.3, 0.4) is 0 Å². The number of ether oxygens (including phenoxy) is 2. The molecule has 0 fully saturated rings. The van der Waals surface area contributed by atoms with Crippen molar-refractivity contribution in [2.45, 2.75) is 39.2 Å². The second kappa shape index (κ2) is 10.6. The van der Waals surface area contributed by atoms with Gasteiger partial charge in [0.2, 0.25) is 11.8 Å². The Bertz CT molecular complexity index is 942. The van der Waals surface area contributed by atoms with Crippen LogP contribution in [0.1, 0.15) is 32.1 Å². The first kappa shape index (κ1) is 22.3. The second-order valence-corrected chi connectivity index (χ2v) is 7.47. The van der Waals surface area contributed by atoms with Crippen molar-refractivity contribution in [2.75, 3.05) is 19.5 Å². The molecular formula is C19H26N5O5P. The quantitative estimate of drug-likeness (QED) is 0.437. The lowest BCUT2D eigenvalue weighted by molar-refractivity contribution is -0.0624. The van der Waals surface area contributed by atoms with E-state index in [1.165, 1.54) is 7.11 Å². The smallest absolute Gasteiger partial charge is 0.330 e. The van der Waals surface area contributed by atoms with Gasteiger partial charge in [0.05, 0.1) is 32.8 Å². The Kier molecular flexibility index (Phi) is 7.89. The van der Waals surface area contributed by atoms with Crippen molar-refractivity contribution in [2.24, 2.45) is 0 Å². The molecular weight excluding hydrogens is 409 g/mol. The third kappa shape index (κ3) is 5.62. The van der Waals surface area contributed by atoms with Crippen molar-refractivity contribution in [1.82, 2.24) is 19.5 Å². The molecule has 30 heavy (non-hydrogen) atoms. The molecule has 3 unspecified atom stereocenters. The van der Waals surface area contributed by atoms with Crippen LogP contribution in [-0.2, 0) is 20.4 Å². The number of nitrogen functional groups attached to an aromatic ring is 1. The van der Waals surface area contributed by atoms with Crippen LogP contribution in [0.5, 0.6) is 5.88 Å². The number of hydrogen-bond acceptors (Lipinski definition) is 9. The molecule has 2 heterocycles. The summed E-state index contributed by atoms with van der Waals surface area (Å²) in [6, 6.07) is 9.59. The van der Waals surface area contributed by atoms with Gasteiger partial charge < -0.3 is 29.1 Å². The molecule has 3 aromatic rings. The predicted molar refractivity (Wildman–Crippen MR) is 112 cm³/mol. The van der Waals surface area contributed by atoms with Crippen molar-refractivity contribution in [3.8, 4) is 5.88 Å². The first-order valence-electron chi connectivity index (χ1n) is 9.50. The van der Waals surface area contributed by atoms with Crippen molar-refractivity contribution < 1.29 is 23.4 Å². The minimum absolute atomic E-state index is 0.0881. The molecule has 0 spiro atoms. The fourth-order valence-corrected chi connectivity index (χ4v) is 3.43. The Hall–Kier alpha value is -2.36. The average Bonchev–Trinajstić information content (AvgIpc) is 3.19. The zero-order valence-electron chi connectivity index (χ0n) is 17.1. The second-order valence-electron chi connectivity index (χ2n) is 6.47. The zero-order chi connectivity index (χ0) is 21.5. The molecule has 1 aromatic carbocycles. The summed E-state index contributed by atoms with van der Waals surface area (Å²) in [4.78, 5) is 22.6. The van der Waals surface area contributed by atoms with Gasteiger partial charge in [0.15, 0.2) is 11.2 Å². The number of imidazole rings is 1. The van der Waals surface area contributed by atoms with Gasteiger partial charge in [-0.25, -0.2) is 4.98 Å². The molecule has 162 valence electrons. The van der Waals surface area contributed by atoms with E-state index in [-0.39, 0.29) is 25.3 Å². The lowest BCUT2D eigenvalue weighted by atomic mass is 10.2. The average molecular weight is 435 g/mol. The molecule has 0 bridgehead atoms. The third-order valence-electron chi connectivity index (χ3n) is 4.39. The van der Waals surface area contributed by atoms with Crippen LogP contribution < -0.4 is 10.5 Å². The monoisotopic (exact) mass is 435 g/mol. The van der Waals surface area contributed by atoms with E-state index in [2.05, 4.69) is 15.0 Å². The lowest BCUT2D eigenvalue weighted by Gasteiger charge is -2.23. The molecule has 0 saturated carbocycles. The van der Waals surface area contributed by atoms with Crippen LogP contribution in [0.4, 0.5) is 5.95 Å². The van der Waals surface area contributed by atoms with Gasteiger partial charge in [-0.2, -0.15) is 9.97 Å². The number of nitrogens with zero attached hydrogens (tertiary/aromatic N) is 4. The first-order chi connectivity index (χ1) is 14.5. The summed E-state index contributed by atoms with van der Waals surface area (Å²) in [7, 11) is -0.507. The fraction of sp³-hybridized carbons (Fsp3) is 0.421. The molecule has 3 atom stereocenters. The van der Waals surface area contributed by atoms with Crippen LogP contribution in [0.2, 0.25) is 0 Å². The van der Waals surface area contributed by atoms with E-state index in [1.54, 1.807) is 10.9 Å². The van der Waals surface area contributed by atoms with Crippen LogP contribution in [0.25, 0.3) is 11.2 Å². The normalized spacial score (nSPS) is 14.5. The molecule has 10 nitrogen and oxygen atoms in total. The van der Waals surface area contributed by atoms with E-state index in [0.717, 1.165) is 5.56 Å². The van der Waals surface area contributed by atoms with Crippen molar-refractivity contribution in [1.29, 1.82) is 0 Å². The number of benzene rings is 1. The molecule has 0 aliphatic heterocycles. The highest BCUT2D eigenvalue weighted by atomic mass is 31.2. The summed E-state index contributed by atoms with van der Waals surface area (Å²) in [5.41, 5.74) is 7.74. The lowest BCUT2D eigenvalue weighted by Crippen LogP contribution is -2.22. The van der Waals surface area contributed by atoms with Gasteiger partial charge in [-0.1, -0.05) is 37.3 Å². The minimum atomic E-state index is -2.00. The number of fused-ring (bicyclic) bond motifs is 1. The fourth-order valence-electron chi connectivity index (χ4n) is 2.80. The molecule has 0 radical (unpaired) electrons. The molecule has 0 aliphatic carbocycles. The Morgan fingerprint density at radius 3 is 2.67 bits per heavy atom. The van der Waals surface area contributed by atoms with Gasteiger partial charge in [0.1, 0.15) is 6.23 Å². The maximum absolute atomic E-state index is 10.0. The van der Waals surface area contributed by atoms with Gasteiger partial charge in [-0.05, 0) is 18.9 Å². The highest BCUT2D eigenvalue weighted by Crippen LogP contribution is 2.35. The van der Waals surface area contributed by atoms with E-state index >= 15 is 0 Å². The van der Waals surface area contributed by atoms with Gasteiger partial charge >= 0.3 is 8.60 Å². The number of aromatic nitrogens is 4. The number of hydrogen-bond donors (Lipinski definition) is 2. The van der Waals surface area contributed by atoms with Gasteiger partial charge in [0.25, 0.3) is 0 Å². The number of methoxy groups -OCH3 is 1. The standard InChI is InChI=1S/C19H26N5O5P/c1-4-15(11-28-30(25)27-10-14-8-6-5-7-9-14)29-13(2)24-12-21-16-17(24)22-19(20)23-18(16)26-3/h5-9,12-13,15,25H,4,10-11H2,1-3H3,(H2,20,22,23). The Morgan fingerprint density at radius 1 is 1.20 bits per heavy atom. The van der Waals surface area contributed by atoms with E-state index < -0.39 is 14.8 Å².